The minimum Gasteiger partial charge on any atom is -0.493 e. The number of likely N-dealkylation sites (N-methyl/N-ethyl adjacent to an activating group) is 1. The Morgan fingerprint density at radius 3 is 2.94 bits per heavy atom. The first-order valence-electron chi connectivity index (χ1n) is 6.74. The Labute approximate surface area is 110 Å². The highest BCUT2D eigenvalue weighted by Gasteiger charge is 2.19. The average Bonchev–Trinajstić information content (AvgIpc) is 2.35. The van der Waals surface area contributed by atoms with Crippen LogP contribution in [0.15, 0.2) is 24.3 Å². The number of rotatable bonds is 5. The van der Waals surface area contributed by atoms with Gasteiger partial charge in [-0.05, 0) is 39.1 Å². The molecule has 1 N–H and O–H groups in total. The standard InChI is InChI=1S/C15H24N2O/c1-12(10-17(2)3)16-9-13-8-14-6-4-5-7-15(14)18-11-13/h4-7,12-13,16H,8-11H2,1-3H3. The molecule has 0 amide bonds. The van der Waals surface area contributed by atoms with E-state index in [4.69, 9.17) is 4.74 Å². The summed E-state index contributed by atoms with van der Waals surface area (Å²) < 4.78 is 5.80. The van der Waals surface area contributed by atoms with Gasteiger partial charge in [0.05, 0.1) is 6.61 Å². The average molecular weight is 248 g/mol. The molecule has 0 radical (unpaired) electrons. The summed E-state index contributed by atoms with van der Waals surface area (Å²) in [5.74, 6) is 1.65. The Hall–Kier alpha value is -1.06. The summed E-state index contributed by atoms with van der Waals surface area (Å²) in [6.07, 6.45) is 1.12. The third-order valence-corrected chi connectivity index (χ3v) is 3.35. The molecule has 2 unspecified atom stereocenters. The smallest absolute Gasteiger partial charge is 0.122 e. The highest BCUT2D eigenvalue weighted by Crippen LogP contribution is 2.26. The minimum absolute atomic E-state index is 0.525. The molecule has 3 heteroatoms. The van der Waals surface area contributed by atoms with E-state index in [0.717, 1.165) is 31.9 Å². The van der Waals surface area contributed by atoms with Crippen LogP contribution in [-0.2, 0) is 6.42 Å². The minimum atomic E-state index is 0.525. The van der Waals surface area contributed by atoms with Crippen molar-refractivity contribution >= 4 is 0 Å². The van der Waals surface area contributed by atoms with Crippen molar-refractivity contribution in [2.24, 2.45) is 5.92 Å². The molecular weight excluding hydrogens is 224 g/mol. The van der Waals surface area contributed by atoms with E-state index in [9.17, 15) is 0 Å². The molecule has 0 aliphatic carbocycles. The molecule has 1 aromatic rings. The monoisotopic (exact) mass is 248 g/mol. The SMILES string of the molecule is CC(CN(C)C)NCC1COc2ccccc2C1. The summed E-state index contributed by atoms with van der Waals surface area (Å²) in [6.45, 7) is 5.17. The summed E-state index contributed by atoms with van der Waals surface area (Å²) in [5, 5.41) is 3.59. The van der Waals surface area contributed by atoms with Crippen molar-refractivity contribution in [2.75, 3.05) is 33.8 Å². The van der Waals surface area contributed by atoms with Gasteiger partial charge in [-0.15, -0.1) is 0 Å². The number of hydrogen-bond donors (Lipinski definition) is 1. The summed E-state index contributed by atoms with van der Waals surface area (Å²) >= 11 is 0. The second-order valence-corrected chi connectivity index (χ2v) is 5.56. The molecule has 0 fully saturated rings. The molecule has 3 nitrogen and oxygen atoms in total. The number of benzene rings is 1. The van der Waals surface area contributed by atoms with Crippen LogP contribution in [0.5, 0.6) is 5.75 Å². The van der Waals surface area contributed by atoms with Gasteiger partial charge in [-0.1, -0.05) is 18.2 Å². The first-order chi connectivity index (χ1) is 8.65. The zero-order valence-electron chi connectivity index (χ0n) is 11.6. The maximum absolute atomic E-state index is 5.80. The summed E-state index contributed by atoms with van der Waals surface area (Å²) in [6, 6.07) is 8.89. The quantitative estimate of drug-likeness (QED) is 0.859. The van der Waals surface area contributed by atoms with Crippen LogP contribution in [0.25, 0.3) is 0 Å². The van der Waals surface area contributed by atoms with Gasteiger partial charge < -0.3 is 15.0 Å². The molecule has 0 aromatic heterocycles. The van der Waals surface area contributed by atoms with E-state index in [0.29, 0.717) is 12.0 Å². The second kappa shape index (κ2) is 6.21. The van der Waals surface area contributed by atoms with Crippen LogP contribution in [0.3, 0.4) is 0 Å². The Kier molecular flexibility index (Phi) is 4.61. The maximum atomic E-state index is 5.80. The van der Waals surface area contributed by atoms with Gasteiger partial charge in [-0.25, -0.2) is 0 Å². The molecule has 0 saturated heterocycles. The lowest BCUT2D eigenvalue weighted by Crippen LogP contribution is -2.40. The Morgan fingerprint density at radius 2 is 2.17 bits per heavy atom. The first-order valence-corrected chi connectivity index (χ1v) is 6.74. The summed E-state index contributed by atoms with van der Waals surface area (Å²) in [5.41, 5.74) is 1.34. The van der Waals surface area contributed by atoms with Crippen molar-refractivity contribution in [1.82, 2.24) is 10.2 Å². The summed E-state index contributed by atoms with van der Waals surface area (Å²) in [7, 11) is 4.22. The van der Waals surface area contributed by atoms with Gasteiger partial charge in [0.1, 0.15) is 5.75 Å². The van der Waals surface area contributed by atoms with Gasteiger partial charge in [-0.3, -0.25) is 0 Å². The van der Waals surface area contributed by atoms with E-state index >= 15 is 0 Å². The third-order valence-electron chi connectivity index (χ3n) is 3.35. The number of nitrogens with zero attached hydrogens (tertiary/aromatic N) is 1. The molecule has 0 saturated carbocycles. The van der Waals surface area contributed by atoms with Gasteiger partial charge in [-0.2, -0.15) is 0 Å². The number of hydrogen-bond acceptors (Lipinski definition) is 3. The Balaban J connectivity index is 1.79. The molecule has 0 spiro atoms. The lowest BCUT2D eigenvalue weighted by molar-refractivity contribution is 0.212. The van der Waals surface area contributed by atoms with Crippen LogP contribution in [-0.4, -0.2) is 44.7 Å². The van der Waals surface area contributed by atoms with Gasteiger partial charge >= 0.3 is 0 Å². The van der Waals surface area contributed by atoms with E-state index in [2.05, 4.69) is 49.4 Å². The fraction of sp³-hybridized carbons (Fsp3) is 0.600. The topological polar surface area (TPSA) is 24.5 Å². The number of para-hydroxylation sites is 1. The number of fused-ring (bicyclic) bond motifs is 1. The first kappa shape index (κ1) is 13.4. The largest absolute Gasteiger partial charge is 0.493 e. The molecule has 1 aromatic carbocycles. The van der Waals surface area contributed by atoms with Crippen LogP contribution in [0.1, 0.15) is 12.5 Å². The van der Waals surface area contributed by atoms with E-state index in [1.54, 1.807) is 0 Å². The van der Waals surface area contributed by atoms with Gasteiger partial charge in [0.2, 0.25) is 0 Å². The normalized spacial score (nSPS) is 20.3. The Morgan fingerprint density at radius 1 is 1.39 bits per heavy atom. The predicted octanol–water partition coefficient (Wildman–Crippen LogP) is 1.78. The van der Waals surface area contributed by atoms with Crippen LogP contribution < -0.4 is 10.1 Å². The van der Waals surface area contributed by atoms with Crippen LogP contribution >= 0.6 is 0 Å². The van der Waals surface area contributed by atoms with Crippen molar-refractivity contribution in [3.05, 3.63) is 29.8 Å². The zero-order chi connectivity index (χ0) is 13.0. The molecule has 2 atom stereocenters. The lowest BCUT2D eigenvalue weighted by atomic mass is 9.96. The Bertz CT molecular complexity index is 379. The fourth-order valence-corrected chi connectivity index (χ4v) is 2.50. The molecule has 0 bridgehead atoms. The maximum Gasteiger partial charge on any atom is 0.122 e. The van der Waals surface area contributed by atoms with Crippen molar-refractivity contribution in [3.8, 4) is 5.75 Å². The number of nitrogens with one attached hydrogen (secondary N) is 1. The van der Waals surface area contributed by atoms with Crippen molar-refractivity contribution in [2.45, 2.75) is 19.4 Å². The van der Waals surface area contributed by atoms with Crippen molar-refractivity contribution < 1.29 is 4.74 Å². The predicted molar refractivity (Wildman–Crippen MR) is 75.1 cm³/mol. The second-order valence-electron chi connectivity index (χ2n) is 5.56. The van der Waals surface area contributed by atoms with E-state index in [1.165, 1.54) is 5.56 Å². The van der Waals surface area contributed by atoms with Crippen molar-refractivity contribution in [1.29, 1.82) is 0 Å². The highest BCUT2D eigenvalue weighted by molar-refractivity contribution is 5.35. The molecule has 1 aliphatic rings. The van der Waals surface area contributed by atoms with E-state index < -0.39 is 0 Å². The molecule has 1 aliphatic heterocycles. The number of ether oxygens (including phenoxy) is 1. The molecule has 2 rings (SSSR count). The third kappa shape index (κ3) is 3.72. The highest BCUT2D eigenvalue weighted by atomic mass is 16.5. The molecule has 1 heterocycles. The summed E-state index contributed by atoms with van der Waals surface area (Å²) in [4.78, 5) is 2.21. The van der Waals surface area contributed by atoms with E-state index in [1.807, 2.05) is 6.07 Å². The lowest BCUT2D eigenvalue weighted by Gasteiger charge is -2.27. The van der Waals surface area contributed by atoms with Crippen LogP contribution in [0.2, 0.25) is 0 Å². The van der Waals surface area contributed by atoms with Gasteiger partial charge in [0.25, 0.3) is 0 Å². The van der Waals surface area contributed by atoms with Crippen LogP contribution in [0.4, 0.5) is 0 Å². The molecule has 100 valence electrons. The van der Waals surface area contributed by atoms with Crippen LogP contribution in [0, 0.1) is 5.92 Å². The molecule has 18 heavy (non-hydrogen) atoms. The van der Waals surface area contributed by atoms with Crippen molar-refractivity contribution in [3.63, 3.8) is 0 Å². The van der Waals surface area contributed by atoms with Gasteiger partial charge in [0, 0.05) is 25.0 Å². The van der Waals surface area contributed by atoms with E-state index in [-0.39, 0.29) is 0 Å². The van der Waals surface area contributed by atoms with Gasteiger partial charge in [0.15, 0.2) is 0 Å². The molecular formula is C15H24N2O. The zero-order valence-corrected chi connectivity index (χ0v) is 11.6. The fourth-order valence-electron chi connectivity index (χ4n) is 2.50.